The largest absolute Gasteiger partial charge is 0.419 e. The maximum atomic E-state index is 13.7. The number of alkyl halides is 3. The molecule has 0 bridgehead atoms. The Hall–Kier alpha value is -2.33. The fourth-order valence-electron chi connectivity index (χ4n) is 4.63. The molecule has 0 unspecified atom stereocenters. The molecule has 2 aliphatic rings. The predicted octanol–water partition coefficient (Wildman–Crippen LogP) is 1.40. The molecule has 0 radical (unpaired) electrons. The highest BCUT2D eigenvalue weighted by atomic mass is 32.2. The maximum absolute atomic E-state index is 13.7. The van der Waals surface area contributed by atoms with Gasteiger partial charge in [0.25, 0.3) is 0 Å². The van der Waals surface area contributed by atoms with Crippen LogP contribution in [-0.2, 0) is 22.7 Å². The summed E-state index contributed by atoms with van der Waals surface area (Å²) in [7, 11) is -3.42. The molecule has 2 aliphatic heterocycles. The highest BCUT2D eigenvalue weighted by Gasteiger charge is 2.36. The van der Waals surface area contributed by atoms with Crippen molar-refractivity contribution in [3.8, 4) is 11.3 Å². The second kappa shape index (κ2) is 11.0. The predicted molar refractivity (Wildman–Crippen MR) is 134 cm³/mol. The molecule has 0 saturated carbocycles. The number of nitrogens with one attached hydrogen (secondary N) is 1. The summed E-state index contributed by atoms with van der Waals surface area (Å²) in [6, 6.07) is -0.202. The number of aliphatic hydroxyl groups excluding tert-OH is 1. The average molecular weight is 562 g/mol. The van der Waals surface area contributed by atoms with Crippen molar-refractivity contribution in [2.24, 2.45) is 0 Å². The third-order valence-electron chi connectivity index (χ3n) is 6.54. The number of hydrogen-bond acceptors (Lipinski definition) is 9. The van der Waals surface area contributed by atoms with E-state index in [2.05, 4.69) is 20.4 Å². The number of halogens is 3. The van der Waals surface area contributed by atoms with Gasteiger partial charge >= 0.3 is 6.18 Å². The molecule has 3 N–H and O–H groups in total. The summed E-state index contributed by atoms with van der Waals surface area (Å²) >= 11 is 0. The molecule has 2 fully saturated rings. The Morgan fingerprint density at radius 1 is 1.16 bits per heavy atom. The smallest absolute Gasteiger partial charge is 0.390 e. The van der Waals surface area contributed by atoms with Crippen LogP contribution in [0.2, 0.25) is 0 Å². The molecule has 15 heteroatoms. The SMILES string of the molecule is CC(C)(O)Cn1cc(-c2nc(NC3CCN(S(=O)(=O)CCCN4CC(O)C4)CC3)ncc2C(F)(F)F)cn1. The summed E-state index contributed by atoms with van der Waals surface area (Å²) in [5.41, 5.74) is -2.29. The van der Waals surface area contributed by atoms with Gasteiger partial charge in [0.15, 0.2) is 0 Å². The molecule has 38 heavy (non-hydrogen) atoms. The zero-order valence-corrected chi connectivity index (χ0v) is 22.2. The van der Waals surface area contributed by atoms with E-state index < -0.39 is 27.4 Å². The van der Waals surface area contributed by atoms with Crippen LogP contribution in [0, 0.1) is 0 Å². The Kier molecular flexibility index (Phi) is 8.33. The third kappa shape index (κ3) is 7.40. The van der Waals surface area contributed by atoms with Crippen molar-refractivity contribution in [3.05, 3.63) is 24.2 Å². The lowest BCUT2D eigenvalue weighted by molar-refractivity contribution is -0.137. The number of anilines is 1. The summed E-state index contributed by atoms with van der Waals surface area (Å²) in [6.07, 6.45) is -0.202. The van der Waals surface area contributed by atoms with Crippen LogP contribution < -0.4 is 5.32 Å². The fourth-order valence-corrected chi connectivity index (χ4v) is 6.15. The van der Waals surface area contributed by atoms with E-state index in [1.54, 1.807) is 13.8 Å². The van der Waals surface area contributed by atoms with Crippen molar-refractivity contribution < 1.29 is 31.8 Å². The lowest BCUT2D eigenvalue weighted by Gasteiger charge is -2.36. The summed E-state index contributed by atoms with van der Waals surface area (Å²) in [5, 5.41) is 26.4. The molecule has 0 aromatic carbocycles. The van der Waals surface area contributed by atoms with E-state index in [1.807, 2.05) is 4.90 Å². The second-order valence-electron chi connectivity index (χ2n) is 10.6. The highest BCUT2D eigenvalue weighted by Crippen LogP contribution is 2.36. The van der Waals surface area contributed by atoms with Crippen LogP contribution in [0.3, 0.4) is 0 Å². The first-order valence-corrected chi connectivity index (χ1v) is 14.1. The Morgan fingerprint density at radius 2 is 1.84 bits per heavy atom. The molecule has 0 spiro atoms. The number of hydrogen-bond donors (Lipinski definition) is 3. The number of aliphatic hydroxyl groups is 2. The first kappa shape index (κ1) is 28.7. The molecule has 11 nitrogen and oxygen atoms in total. The zero-order chi connectivity index (χ0) is 27.7. The summed E-state index contributed by atoms with van der Waals surface area (Å²) in [5.74, 6) is 0.0470. The number of nitrogens with zero attached hydrogens (tertiary/aromatic N) is 6. The van der Waals surface area contributed by atoms with Crippen molar-refractivity contribution in [1.82, 2.24) is 29.0 Å². The quantitative estimate of drug-likeness (QED) is 0.393. The average Bonchev–Trinajstić information content (AvgIpc) is 3.24. The van der Waals surface area contributed by atoms with E-state index >= 15 is 0 Å². The van der Waals surface area contributed by atoms with Crippen LogP contribution in [0.1, 0.15) is 38.7 Å². The third-order valence-corrected chi connectivity index (χ3v) is 8.50. The normalized spacial score (nSPS) is 19.0. The summed E-state index contributed by atoms with van der Waals surface area (Å²) in [6.45, 7) is 5.59. The highest BCUT2D eigenvalue weighted by molar-refractivity contribution is 7.89. The van der Waals surface area contributed by atoms with Gasteiger partial charge in [-0.2, -0.15) is 18.3 Å². The number of likely N-dealkylation sites (tertiary alicyclic amines) is 1. The Bertz CT molecular complexity index is 1200. The van der Waals surface area contributed by atoms with Gasteiger partial charge in [0.2, 0.25) is 16.0 Å². The minimum Gasteiger partial charge on any atom is -0.390 e. The maximum Gasteiger partial charge on any atom is 0.419 e. The van der Waals surface area contributed by atoms with Crippen LogP contribution in [0.5, 0.6) is 0 Å². The van der Waals surface area contributed by atoms with Crippen molar-refractivity contribution >= 4 is 16.0 Å². The van der Waals surface area contributed by atoms with Gasteiger partial charge in [-0.15, -0.1) is 0 Å². The molecule has 4 rings (SSSR count). The van der Waals surface area contributed by atoms with Gasteiger partial charge < -0.3 is 15.5 Å². The van der Waals surface area contributed by atoms with Crippen LogP contribution in [-0.4, -0.2) is 104 Å². The van der Waals surface area contributed by atoms with E-state index in [9.17, 15) is 31.8 Å². The minimum atomic E-state index is -4.68. The monoisotopic (exact) mass is 561 g/mol. The standard InChI is InChI=1S/C23H34F3N7O4S/c1-22(2,35)15-32-12-16(10-28-32)20-19(23(24,25)26)11-27-21(30-20)29-17-4-7-33(8-5-17)38(36,37)9-3-6-31-13-18(34)14-31/h10-12,17-18,34-35H,3-9,13-15H2,1-2H3,(H,27,29,30). The van der Waals surface area contributed by atoms with Crippen molar-refractivity contribution in [3.63, 3.8) is 0 Å². The molecular weight excluding hydrogens is 527 g/mol. The molecule has 212 valence electrons. The van der Waals surface area contributed by atoms with Gasteiger partial charge in [-0.25, -0.2) is 22.7 Å². The first-order valence-electron chi connectivity index (χ1n) is 12.5. The number of rotatable bonds is 10. The first-order chi connectivity index (χ1) is 17.7. The molecule has 4 heterocycles. The second-order valence-corrected chi connectivity index (χ2v) is 12.7. The number of sulfonamides is 1. The van der Waals surface area contributed by atoms with Gasteiger partial charge in [-0.1, -0.05) is 0 Å². The number of piperidine rings is 1. The Balaban J connectivity index is 1.38. The molecule has 2 saturated heterocycles. The van der Waals surface area contributed by atoms with Crippen molar-refractivity contribution in [2.45, 2.75) is 63.6 Å². The van der Waals surface area contributed by atoms with E-state index in [-0.39, 0.29) is 41.6 Å². The molecule has 0 aliphatic carbocycles. The van der Waals surface area contributed by atoms with Crippen molar-refractivity contribution in [1.29, 1.82) is 0 Å². The Morgan fingerprint density at radius 3 is 2.45 bits per heavy atom. The molecular formula is C23H34F3N7O4S. The van der Waals surface area contributed by atoms with Gasteiger partial charge in [0.05, 0.1) is 35.9 Å². The summed E-state index contributed by atoms with van der Waals surface area (Å²) in [4.78, 5) is 10.0. The summed E-state index contributed by atoms with van der Waals surface area (Å²) < 4.78 is 69.3. The van der Waals surface area contributed by atoms with Crippen LogP contribution >= 0.6 is 0 Å². The van der Waals surface area contributed by atoms with Crippen LogP contribution in [0.15, 0.2) is 18.6 Å². The number of aromatic nitrogens is 4. The van der Waals surface area contributed by atoms with Gasteiger partial charge in [0, 0.05) is 50.2 Å². The zero-order valence-electron chi connectivity index (χ0n) is 21.4. The lowest BCUT2D eigenvalue weighted by Crippen LogP contribution is -2.51. The molecule has 2 aromatic heterocycles. The molecule has 0 amide bonds. The van der Waals surface area contributed by atoms with Crippen LogP contribution in [0.4, 0.5) is 19.1 Å². The van der Waals surface area contributed by atoms with Crippen molar-refractivity contribution in [2.75, 3.05) is 43.8 Å². The van der Waals surface area contributed by atoms with Crippen LogP contribution in [0.25, 0.3) is 11.3 Å². The fraction of sp³-hybridized carbons (Fsp3) is 0.696. The van der Waals surface area contributed by atoms with Gasteiger partial charge in [-0.05, 0) is 39.7 Å². The molecule has 0 atom stereocenters. The van der Waals surface area contributed by atoms with E-state index in [4.69, 9.17) is 0 Å². The minimum absolute atomic E-state index is 0.0151. The van der Waals surface area contributed by atoms with E-state index in [0.29, 0.717) is 52.0 Å². The van der Waals surface area contributed by atoms with E-state index in [1.165, 1.54) is 21.4 Å². The topological polar surface area (TPSA) is 137 Å². The van der Waals surface area contributed by atoms with Gasteiger partial charge in [0.1, 0.15) is 5.56 Å². The number of β-amino-alcohol motifs (C(OH)–C–C–N with tert-alkyl or cyclic N) is 1. The molecule has 2 aromatic rings. The van der Waals surface area contributed by atoms with Gasteiger partial charge in [-0.3, -0.25) is 9.58 Å². The lowest BCUT2D eigenvalue weighted by atomic mass is 10.1. The van der Waals surface area contributed by atoms with E-state index in [0.717, 1.165) is 6.20 Å². The Labute approximate surface area is 219 Å².